The Morgan fingerprint density at radius 1 is 1.21 bits per heavy atom. The summed E-state index contributed by atoms with van der Waals surface area (Å²) in [4.78, 5) is 26.4. The van der Waals surface area contributed by atoms with Gasteiger partial charge in [0.1, 0.15) is 25.1 Å². The fraction of sp³-hybridized carbons (Fsp3) is 0.444. The first kappa shape index (κ1) is 16.6. The van der Waals surface area contributed by atoms with Crippen molar-refractivity contribution in [1.29, 1.82) is 0 Å². The number of hydrogen-bond acceptors (Lipinski definition) is 5. The number of anilines is 1. The second-order valence-electron chi connectivity index (χ2n) is 6.85. The van der Waals surface area contributed by atoms with Crippen molar-refractivity contribution in [2.45, 2.75) is 37.6 Å². The molecule has 1 aromatic carbocycles. The van der Waals surface area contributed by atoms with Gasteiger partial charge in [-0.25, -0.2) is 9.59 Å². The predicted octanol–water partition coefficient (Wildman–Crippen LogP) is 2.38. The van der Waals surface area contributed by atoms with Gasteiger partial charge in [0.05, 0.1) is 0 Å². The normalized spacial score (nSPS) is 20.8. The highest BCUT2D eigenvalue weighted by atomic mass is 16.5. The van der Waals surface area contributed by atoms with Crippen LogP contribution in [0.3, 0.4) is 0 Å². The van der Waals surface area contributed by atoms with E-state index in [0.29, 0.717) is 16.8 Å². The minimum absolute atomic E-state index is 0.0290. The Morgan fingerprint density at radius 3 is 2.58 bits per heavy atom. The van der Waals surface area contributed by atoms with Crippen LogP contribution in [0.5, 0.6) is 0 Å². The van der Waals surface area contributed by atoms with Crippen LogP contribution in [-0.4, -0.2) is 34.0 Å². The molecule has 1 fully saturated rings. The van der Waals surface area contributed by atoms with E-state index in [2.05, 4.69) is 7.85 Å². The van der Waals surface area contributed by atoms with Gasteiger partial charge in [0, 0.05) is 31.2 Å². The smallest absolute Gasteiger partial charge is 0.351 e. The predicted molar refractivity (Wildman–Crippen MR) is 96.8 cm³/mol. The highest BCUT2D eigenvalue weighted by molar-refractivity contribution is 6.11. The summed E-state index contributed by atoms with van der Waals surface area (Å²) < 4.78 is 10.8. The quantitative estimate of drug-likeness (QED) is 0.492. The molecule has 1 saturated carbocycles. The fourth-order valence-electron chi connectivity index (χ4n) is 3.08. The number of benzene rings is 1. The average molecular weight is 327 g/mol. The first-order valence-corrected chi connectivity index (χ1v) is 8.40. The molecule has 24 heavy (non-hydrogen) atoms. The number of hydrogen-bond donors (Lipinski definition) is 0. The van der Waals surface area contributed by atoms with Gasteiger partial charge < -0.3 is 14.1 Å². The number of carbonyl (C=O) groups excluding carboxylic acids is 1. The summed E-state index contributed by atoms with van der Waals surface area (Å²) in [5.74, 6) is 0.0958. The first-order valence-electron chi connectivity index (χ1n) is 8.40. The monoisotopic (exact) mass is 327 g/mol. The lowest BCUT2D eigenvalue weighted by molar-refractivity contribution is 0.0207. The van der Waals surface area contributed by atoms with Crippen LogP contribution in [0.25, 0.3) is 11.0 Å². The molecule has 0 bridgehead atoms. The van der Waals surface area contributed by atoms with Crippen LogP contribution in [0, 0.1) is 0 Å². The van der Waals surface area contributed by atoms with Crippen molar-refractivity contribution in [3.8, 4) is 0 Å². The molecule has 5 nitrogen and oxygen atoms in total. The number of rotatable bonds is 3. The maximum atomic E-state index is 12.3. The molecule has 126 valence electrons. The Kier molecular flexibility index (Phi) is 4.65. The molecule has 0 aliphatic heterocycles. The first-order chi connectivity index (χ1) is 11.4. The average Bonchev–Trinajstić information content (AvgIpc) is 2.55. The Hall–Kier alpha value is -2.24. The summed E-state index contributed by atoms with van der Waals surface area (Å²) in [5.41, 5.74) is 0.720. The van der Waals surface area contributed by atoms with Crippen LogP contribution in [0.4, 0.5) is 5.69 Å². The Morgan fingerprint density at radius 2 is 1.92 bits per heavy atom. The van der Waals surface area contributed by atoms with E-state index in [-0.39, 0.29) is 11.7 Å². The van der Waals surface area contributed by atoms with Crippen LogP contribution >= 0.6 is 0 Å². The van der Waals surface area contributed by atoms with E-state index < -0.39 is 11.6 Å². The van der Waals surface area contributed by atoms with E-state index >= 15 is 0 Å². The standard InChI is InChI=1S/C18H22BNO4/c1-20(2)13-6-3-11-9-15(18(22)24-16(11)10-13)17(21)23-14-7-4-12(19)5-8-14/h3,6,9-10,12,14H,4-5,7-8,19H2,1-2H3. The number of fused-ring (bicyclic) bond motifs is 1. The van der Waals surface area contributed by atoms with Gasteiger partial charge in [-0.15, -0.1) is 0 Å². The second kappa shape index (κ2) is 6.71. The Labute approximate surface area is 142 Å². The zero-order valence-electron chi connectivity index (χ0n) is 14.4. The van der Waals surface area contributed by atoms with Gasteiger partial charge in [-0.3, -0.25) is 0 Å². The van der Waals surface area contributed by atoms with Gasteiger partial charge in [-0.1, -0.05) is 18.7 Å². The zero-order chi connectivity index (χ0) is 17.3. The molecule has 1 aliphatic carbocycles. The van der Waals surface area contributed by atoms with E-state index in [4.69, 9.17) is 9.15 Å². The minimum Gasteiger partial charge on any atom is -0.459 e. The topological polar surface area (TPSA) is 59.8 Å². The molecular formula is C18H22BNO4. The van der Waals surface area contributed by atoms with Crippen molar-refractivity contribution in [3.05, 3.63) is 40.2 Å². The summed E-state index contributed by atoms with van der Waals surface area (Å²) in [6, 6.07) is 7.11. The van der Waals surface area contributed by atoms with E-state index in [1.54, 1.807) is 12.1 Å². The number of carbonyl (C=O) groups is 1. The van der Waals surface area contributed by atoms with Crippen molar-refractivity contribution in [2.24, 2.45) is 0 Å². The van der Waals surface area contributed by atoms with Crippen LogP contribution in [0.1, 0.15) is 36.0 Å². The number of ether oxygens (including phenoxy) is 1. The van der Waals surface area contributed by atoms with Crippen LogP contribution < -0.4 is 10.5 Å². The number of esters is 1. The molecule has 0 saturated heterocycles. The van der Waals surface area contributed by atoms with Crippen molar-refractivity contribution in [1.82, 2.24) is 0 Å². The maximum absolute atomic E-state index is 12.3. The third-order valence-electron chi connectivity index (χ3n) is 4.69. The molecule has 0 atom stereocenters. The van der Waals surface area contributed by atoms with Gasteiger partial charge in [0.25, 0.3) is 0 Å². The van der Waals surface area contributed by atoms with Gasteiger partial charge in [0.15, 0.2) is 0 Å². The molecule has 0 radical (unpaired) electrons. The van der Waals surface area contributed by atoms with Gasteiger partial charge >= 0.3 is 11.6 Å². The van der Waals surface area contributed by atoms with Crippen LogP contribution in [0.15, 0.2) is 33.5 Å². The van der Waals surface area contributed by atoms with Crippen molar-refractivity contribution >= 4 is 30.5 Å². The van der Waals surface area contributed by atoms with E-state index in [1.807, 2.05) is 31.1 Å². The minimum atomic E-state index is -0.646. The van der Waals surface area contributed by atoms with Crippen LogP contribution in [-0.2, 0) is 4.74 Å². The zero-order valence-corrected chi connectivity index (χ0v) is 14.4. The SMILES string of the molecule is BC1CCC(OC(=O)c2cc3ccc(N(C)C)cc3oc2=O)CC1. The molecular weight excluding hydrogens is 305 g/mol. The van der Waals surface area contributed by atoms with Gasteiger partial charge in [-0.05, 0) is 31.0 Å². The lowest BCUT2D eigenvalue weighted by Crippen LogP contribution is -2.25. The molecule has 0 N–H and O–H groups in total. The molecule has 6 heteroatoms. The summed E-state index contributed by atoms with van der Waals surface area (Å²) in [5, 5.41) is 0.712. The molecule has 0 unspecified atom stereocenters. The molecule has 1 aromatic heterocycles. The van der Waals surface area contributed by atoms with Crippen molar-refractivity contribution in [2.75, 3.05) is 19.0 Å². The molecule has 2 aromatic rings. The van der Waals surface area contributed by atoms with Crippen molar-refractivity contribution in [3.63, 3.8) is 0 Å². The summed E-state index contributed by atoms with van der Waals surface area (Å²) in [6.07, 6.45) is 3.73. The summed E-state index contributed by atoms with van der Waals surface area (Å²) >= 11 is 0. The molecule has 1 heterocycles. The Bertz CT molecular complexity index is 806. The highest BCUT2D eigenvalue weighted by Crippen LogP contribution is 2.28. The lowest BCUT2D eigenvalue weighted by Gasteiger charge is -2.25. The number of nitrogens with zero attached hydrogens (tertiary/aromatic N) is 1. The van der Waals surface area contributed by atoms with Gasteiger partial charge in [-0.2, -0.15) is 0 Å². The third kappa shape index (κ3) is 3.47. The third-order valence-corrected chi connectivity index (χ3v) is 4.69. The summed E-state index contributed by atoms with van der Waals surface area (Å²) in [7, 11) is 6.03. The van der Waals surface area contributed by atoms with Crippen molar-refractivity contribution < 1.29 is 13.9 Å². The Balaban J connectivity index is 1.84. The maximum Gasteiger partial charge on any atom is 0.351 e. The largest absolute Gasteiger partial charge is 0.459 e. The molecule has 0 amide bonds. The fourth-order valence-corrected chi connectivity index (χ4v) is 3.08. The van der Waals surface area contributed by atoms with Gasteiger partial charge in [0.2, 0.25) is 0 Å². The molecule has 0 spiro atoms. The lowest BCUT2D eigenvalue weighted by atomic mass is 9.75. The highest BCUT2D eigenvalue weighted by Gasteiger charge is 2.24. The second-order valence-corrected chi connectivity index (χ2v) is 6.85. The summed E-state index contributed by atoms with van der Waals surface area (Å²) in [6.45, 7) is 0. The van der Waals surface area contributed by atoms with E-state index in [1.165, 1.54) is 0 Å². The van der Waals surface area contributed by atoms with E-state index in [0.717, 1.165) is 31.4 Å². The molecule has 3 rings (SSSR count). The van der Waals surface area contributed by atoms with Crippen LogP contribution in [0.2, 0.25) is 5.82 Å². The molecule has 1 aliphatic rings. The van der Waals surface area contributed by atoms with E-state index in [9.17, 15) is 9.59 Å².